The van der Waals surface area contributed by atoms with Crippen molar-refractivity contribution in [2.75, 3.05) is 0 Å². The third kappa shape index (κ3) is 1.72. The molecule has 1 heteroatoms. The molecule has 2 N–H and O–H groups in total. The van der Waals surface area contributed by atoms with E-state index in [-0.39, 0.29) is 0 Å². The molecule has 0 atom stereocenters. The predicted molar refractivity (Wildman–Crippen MR) is 63.8 cm³/mol. The average molecular weight is 187 g/mol. The van der Waals surface area contributed by atoms with E-state index in [1.54, 1.807) is 6.20 Å². The average Bonchev–Trinajstić information content (AvgIpc) is 2.20. The monoisotopic (exact) mass is 187 g/mol. The minimum Gasteiger partial charge on any atom is -0.404 e. The third-order valence-corrected chi connectivity index (χ3v) is 2.66. The zero-order valence-electron chi connectivity index (χ0n) is 9.09. The van der Waals surface area contributed by atoms with E-state index in [1.165, 1.54) is 22.3 Å². The molecule has 0 unspecified atom stereocenters. The first-order valence-corrected chi connectivity index (χ1v) is 4.73. The van der Waals surface area contributed by atoms with Gasteiger partial charge in [-0.15, -0.1) is 0 Å². The summed E-state index contributed by atoms with van der Waals surface area (Å²) < 4.78 is 0. The predicted octanol–water partition coefficient (Wildman–Crippen LogP) is 3.27. The lowest BCUT2D eigenvalue weighted by Gasteiger charge is -2.11. The van der Waals surface area contributed by atoms with Crippen LogP contribution in [0.2, 0.25) is 0 Å². The maximum Gasteiger partial charge on any atom is -0.00263 e. The summed E-state index contributed by atoms with van der Waals surface area (Å²) in [7, 11) is 0. The lowest BCUT2D eigenvalue weighted by Crippen LogP contribution is -1.94. The van der Waals surface area contributed by atoms with Crippen molar-refractivity contribution >= 4 is 11.6 Å². The fourth-order valence-electron chi connectivity index (χ4n) is 1.53. The standard InChI is InChI=1S/C13H17N/c1-5-12-11(4)9(2)6-7-13(12)10(3)8-14/h5-8H,1,14H2,2-4H3/b10-8-. The highest BCUT2D eigenvalue weighted by atomic mass is 14.5. The summed E-state index contributed by atoms with van der Waals surface area (Å²) in [5.74, 6) is 0. The molecule has 14 heavy (non-hydrogen) atoms. The van der Waals surface area contributed by atoms with Crippen LogP contribution in [-0.4, -0.2) is 0 Å². The minimum absolute atomic E-state index is 1.09. The Hall–Kier alpha value is -1.50. The van der Waals surface area contributed by atoms with E-state index in [0.29, 0.717) is 0 Å². The van der Waals surface area contributed by atoms with Gasteiger partial charge in [0, 0.05) is 0 Å². The molecule has 74 valence electrons. The van der Waals surface area contributed by atoms with Gasteiger partial charge in [-0.1, -0.05) is 24.8 Å². The number of nitrogens with two attached hydrogens (primary N) is 1. The molecule has 1 rings (SSSR count). The largest absolute Gasteiger partial charge is 0.404 e. The normalized spacial score (nSPS) is 11.5. The fraction of sp³-hybridized carbons (Fsp3) is 0.231. The topological polar surface area (TPSA) is 26.0 Å². The Kier molecular flexibility index (Phi) is 3.13. The molecule has 0 saturated carbocycles. The van der Waals surface area contributed by atoms with Crippen LogP contribution in [0, 0.1) is 13.8 Å². The van der Waals surface area contributed by atoms with Gasteiger partial charge in [0.2, 0.25) is 0 Å². The van der Waals surface area contributed by atoms with Gasteiger partial charge >= 0.3 is 0 Å². The highest BCUT2D eigenvalue weighted by Gasteiger charge is 2.05. The van der Waals surface area contributed by atoms with Gasteiger partial charge in [-0.05, 0) is 54.8 Å². The Balaban J connectivity index is 3.46. The van der Waals surface area contributed by atoms with E-state index < -0.39 is 0 Å². The molecule has 0 saturated heterocycles. The van der Waals surface area contributed by atoms with Crippen molar-refractivity contribution in [2.24, 2.45) is 5.73 Å². The molecular weight excluding hydrogens is 170 g/mol. The molecule has 0 heterocycles. The summed E-state index contributed by atoms with van der Waals surface area (Å²) >= 11 is 0. The molecule has 1 aromatic carbocycles. The number of hydrogen-bond donors (Lipinski definition) is 1. The highest BCUT2D eigenvalue weighted by molar-refractivity contribution is 5.74. The Morgan fingerprint density at radius 1 is 1.36 bits per heavy atom. The van der Waals surface area contributed by atoms with Crippen LogP contribution in [0.15, 0.2) is 24.9 Å². The van der Waals surface area contributed by atoms with Gasteiger partial charge in [-0.2, -0.15) is 0 Å². The molecule has 1 nitrogen and oxygen atoms in total. The van der Waals surface area contributed by atoms with E-state index in [2.05, 4.69) is 32.6 Å². The van der Waals surface area contributed by atoms with Gasteiger partial charge in [0.25, 0.3) is 0 Å². The maximum absolute atomic E-state index is 5.52. The molecule has 0 amide bonds. The summed E-state index contributed by atoms with van der Waals surface area (Å²) in [5, 5.41) is 0. The van der Waals surface area contributed by atoms with Crippen LogP contribution in [0.3, 0.4) is 0 Å². The molecule has 0 aliphatic carbocycles. The molecule has 0 spiro atoms. The Morgan fingerprint density at radius 3 is 2.50 bits per heavy atom. The van der Waals surface area contributed by atoms with E-state index in [1.807, 2.05) is 13.0 Å². The maximum atomic E-state index is 5.52. The van der Waals surface area contributed by atoms with Crippen LogP contribution in [-0.2, 0) is 0 Å². The second kappa shape index (κ2) is 4.14. The van der Waals surface area contributed by atoms with E-state index in [4.69, 9.17) is 5.73 Å². The molecule has 0 radical (unpaired) electrons. The number of aryl methyl sites for hydroxylation is 1. The molecule has 0 aromatic heterocycles. The van der Waals surface area contributed by atoms with Crippen molar-refractivity contribution in [1.82, 2.24) is 0 Å². The van der Waals surface area contributed by atoms with Crippen molar-refractivity contribution in [2.45, 2.75) is 20.8 Å². The van der Waals surface area contributed by atoms with Gasteiger partial charge in [0.15, 0.2) is 0 Å². The van der Waals surface area contributed by atoms with Crippen molar-refractivity contribution in [1.29, 1.82) is 0 Å². The van der Waals surface area contributed by atoms with E-state index >= 15 is 0 Å². The van der Waals surface area contributed by atoms with E-state index in [0.717, 1.165) is 5.57 Å². The lowest BCUT2D eigenvalue weighted by molar-refractivity contribution is 1.30. The van der Waals surface area contributed by atoms with Gasteiger partial charge < -0.3 is 5.73 Å². The fourth-order valence-corrected chi connectivity index (χ4v) is 1.53. The first kappa shape index (κ1) is 10.6. The molecule has 1 aromatic rings. The first-order valence-electron chi connectivity index (χ1n) is 4.73. The Morgan fingerprint density at radius 2 is 2.00 bits per heavy atom. The summed E-state index contributed by atoms with van der Waals surface area (Å²) in [4.78, 5) is 0. The van der Waals surface area contributed by atoms with Crippen molar-refractivity contribution in [3.05, 3.63) is 47.2 Å². The summed E-state index contributed by atoms with van der Waals surface area (Å²) in [6.07, 6.45) is 3.53. The summed E-state index contributed by atoms with van der Waals surface area (Å²) in [6, 6.07) is 4.21. The minimum atomic E-state index is 1.09. The van der Waals surface area contributed by atoms with Crippen LogP contribution in [0.5, 0.6) is 0 Å². The summed E-state index contributed by atoms with van der Waals surface area (Å²) in [6.45, 7) is 10.1. The Bertz CT molecular complexity index is 386. The summed E-state index contributed by atoms with van der Waals surface area (Å²) in [5.41, 5.74) is 11.5. The molecular formula is C13H17N. The second-order valence-corrected chi connectivity index (χ2v) is 3.52. The van der Waals surface area contributed by atoms with Crippen LogP contribution >= 0.6 is 0 Å². The number of benzene rings is 1. The van der Waals surface area contributed by atoms with Gasteiger partial charge in [0.05, 0.1) is 0 Å². The number of rotatable bonds is 2. The lowest BCUT2D eigenvalue weighted by atomic mass is 9.94. The van der Waals surface area contributed by atoms with Crippen LogP contribution in [0.4, 0.5) is 0 Å². The highest BCUT2D eigenvalue weighted by Crippen LogP contribution is 2.24. The first-order chi connectivity index (χ1) is 6.61. The second-order valence-electron chi connectivity index (χ2n) is 3.52. The number of hydrogen-bond acceptors (Lipinski definition) is 1. The van der Waals surface area contributed by atoms with Crippen molar-refractivity contribution in [3.8, 4) is 0 Å². The van der Waals surface area contributed by atoms with Crippen LogP contribution < -0.4 is 5.73 Å². The zero-order chi connectivity index (χ0) is 10.7. The Labute approximate surface area is 85.9 Å². The third-order valence-electron chi connectivity index (χ3n) is 2.66. The molecule has 0 fully saturated rings. The molecule has 0 aliphatic rings. The quantitative estimate of drug-likeness (QED) is 0.755. The SMILES string of the molecule is C=Cc1c(/C(C)=C\N)ccc(C)c1C. The van der Waals surface area contributed by atoms with Crippen LogP contribution in [0.1, 0.15) is 29.2 Å². The van der Waals surface area contributed by atoms with Gasteiger partial charge in [-0.25, -0.2) is 0 Å². The number of allylic oxidation sites excluding steroid dienone is 1. The van der Waals surface area contributed by atoms with Crippen LogP contribution in [0.25, 0.3) is 11.6 Å². The van der Waals surface area contributed by atoms with Crippen molar-refractivity contribution in [3.63, 3.8) is 0 Å². The zero-order valence-corrected chi connectivity index (χ0v) is 9.09. The molecule has 0 aliphatic heterocycles. The van der Waals surface area contributed by atoms with E-state index in [9.17, 15) is 0 Å². The molecule has 0 bridgehead atoms. The van der Waals surface area contributed by atoms with Gasteiger partial charge in [0.1, 0.15) is 0 Å². The smallest absolute Gasteiger partial charge is 0.00263 e. The van der Waals surface area contributed by atoms with Crippen molar-refractivity contribution < 1.29 is 0 Å². The van der Waals surface area contributed by atoms with Gasteiger partial charge in [-0.3, -0.25) is 0 Å².